The Morgan fingerprint density at radius 2 is 1.97 bits per heavy atom. The Kier molecular flexibility index (Phi) is 6.32. The lowest BCUT2D eigenvalue weighted by atomic mass is 10.1. The predicted molar refractivity (Wildman–Crippen MR) is 121 cm³/mol. The van der Waals surface area contributed by atoms with Gasteiger partial charge >= 0.3 is 5.97 Å². The number of thiazole rings is 1. The van der Waals surface area contributed by atoms with Gasteiger partial charge in [-0.2, -0.15) is 0 Å². The van der Waals surface area contributed by atoms with Gasteiger partial charge in [-0.25, -0.2) is 4.98 Å². The third-order valence-corrected chi connectivity index (χ3v) is 6.13. The molecule has 164 valence electrons. The minimum atomic E-state index is -0.627. The summed E-state index contributed by atoms with van der Waals surface area (Å²) < 4.78 is 10.5. The number of nitrogens with zero attached hydrogens (tertiary/aromatic N) is 2. The minimum absolute atomic E-state index is 0.0334. The highest BCUT2D eigenvalue weighted by Crippen LogP contribution is 2.33. The van der Waals surface area contributed by atoms with Gasteiger partial charge in [0.25, 0.3) is 0 Å². The average Bonchev–Trinajstić information content (AvgIpc) is 3.44. The van der Waals surface area contributed by atoms with Crippen molar-refractivity contribution in [1.82, 2.24) is 4.98 Å². The molecule has 4 rings (SSSR count). The Morgan fingerprint density at radius 1 is 1.19 bits per heavy atom. The summed E-state index contributed by atoms with van der Waals surface area (Å²) in [4.78, 5) is 43.3. The topological polar surface area (TPSA) is 85.8 Å². The molecule has 1 atom stereocenters. The van der Waals surface area contributed by atoms with Crippen molar-refractivity contribution in [2.24, 2.45) is 5.92 Å². The molecular formula is C24H22N2O5S. The molecule has 8 heteroatoms. The zero-order valence-electron chi connectivity index (χ0n) is 17.7. The third kappa shape index (κ3) is 4.70. The fraction of sp³-hybridized carbons (Fsp3) is 0.250. The van der Waals surface area contributed by atoms with Crippen LogP contribution in [0.3, 0.4) is 0 Å². The number of carbonyl (C=O) groups excluding carboxylic acids is 3. The molecule has 7 nitrogen and oxygen atoms in total. The fourth-order valence-electron chi connectivity index (χ4n) is 3.43. The zero-order valence-corrected chi connectivity index (χ0v) is 18.6. The van der Waals surface area contributed by atoms with Gasteiger partial charge < -0.3 is 9.47 Å². The summed E-state index contributed by atoms with van der Waals surface area (Å²) in [7, 11) is 1.60. The van der Waals surface area contributed by atoms with Crippen LogP contribution in [0.4, 0.5) is 5.13 Å². The standard InChI is InChI=1S/C24H22N2O5S/c1-15-6-8-16(9-7-15)21(27)13-31-23(29)18-11-22(28)26(12-18)24-25-20(14-32-24)17-4-3-5-19(10-17)30-2/h3-10,14,18H,11-13H2,1-2H3/t18-/m0/s1. The summed E-state index contributed by atoms with van der Waals surface area (Å²) in [6, 6.07) is 14.6. The Bertz CT molecular complexity index is 1160. The van der Waals surface area contributed by atoms with E-state index in [1.54, 1.807) is 19.2 Å². The molecule has 1 aliphatic heterocycles. The van der Waals surface area contributed by atoms with Crippen molar-refractivity contribution in [3.05, 3.63) is 65.0 Å². The number of carbonyl (C=O) groups is 3. The lowest BCUT2D eigenvalue weighted by Crippen LogP contribution is -2.27. The van der Waals surface area contributed by atoms with Crippen LogP contribution in [0, 0.1) is 12.8 Å². The number of benzene rings is 2. The molecule has 1 aliphatic rings. The highest BCUT2D eigenvalue weighted by atomic mass is 32.1. The first-order chi connectivity index (χ1) is 15.4. The molecule has 3 aromatic rings. The number of ketones is 1. The molecule has 1 saturated heterocycles. The Labute approximate surface area is 189 Å². The maximum Gasteiger partial charge on any atom is 0.311 e. The van der Waals surface area contributed by atoms with Crippen LogP contribution >= 0.6 is 11.3 Å². The summed E-state index contributed by atoms with van der Waals surface area (Å²) in [5.41, 5.74) is 3.13. The molecule has 2 aromatic carbocycles. The maximum absolute atomic E-state index is 12.5. The minimum Gasteiger partial charge on any atom is -0.497 e. The number of aromatic nitrogens is 1. The quantitative estimate of drug-likeness (QED) is 0.401. The molecule has 0 aliphatic carbocycles. The highest BCUT2D eigenvalue weighted by molar-refractivity contribution is 7.14. The summed E-state index contributed by atoms with van der Waals surface area (Å²) in [6.45, 7) is 1.77. The average molecular weight is 451 g/mol. The van der Waals surface area contributed by atoms with E-state index < -0.39 is 11.9 Å². The number of hydrogen-bond donors (Lipinski definition) is 0. The van der Waals surface area contributed by atoms with Gasteiger partial charge in [-0.3, -0.25) is 19.3 Å². The second kappa shape index (κ2) is 9.32. The molecule has 1 amide bonds. The van der Waals surface area contributed by atoms with Gasteiger partial charge in [-0.1, -0.05) is 42.0 Å². The lowest BCUT2D eigenvalue weighted by Gasteiger charge is -2.13. The molecule has 0 bridgehead atoms. The van der Waals surface area contributed by atoms with E-state index in [0.29, 0.717) is 10.7 Å². The molecule has 0 saturated carbocycles. The number of anilines is 1. The summed E-state index contributed by atoms with van der Waals surface area (Å²) in [5, 5.41) is 2.39. The number of Topliss-reactive ketones (excluding diaryl/α,β-unsaturated/α-hetero) is 1. The largest absolute Gasteiger partial charge is 0.497 e. The normalized spacial score (nSPS) is 15.6. The van der Waals surface area contributed by atoms with Crippen LogP contribution in [0.15, 0.2) is 53.9 Å². The van der Waals surface area contributed by atoms with Crippen LogP contribution in [0.1, 0.15) is 22.3 Å². The van der Waals surface area contributed by atoms with E-state index in [0.717, 1.165) is 22.6 Å². The number of rotatable bonds is 7. The van der Waals surface area contributed by atoms with E-state index in [4.69, 9.17) is 9.47 Å². The fourth-order valence-corrected chi connectivity index (χ4v) is 4.29. The molecule has 0 radical (unpaired) electrons. The van der Waals surface area contributed by atoms with E-state index in [1.165, 1.54) is 16.2 Å². The van der Waals surface area contributed by atoms with Crippen molar-refractivity contribution in [2.75, 3.05) is 25.2 Å². The van der Waals surface area contributed by atoms with Crippen LogP contribution in [-0.2, 0) is 14.3 Å². The lowest BCUT2D eigenvalue weighted by molar-refractivity contribution is -0.147. The van der Waals surface area contributed by atoms with E-state index in [-0.39, 0.29) is 31.3 Å². The van der Waals surface area contributed by atoms with Crippen LogP contribution < -0.4 is 9.64 Å². The maximum atomic E-state index is 12.5. The van der Waals surface area contributed by atoms with Crippen molar-refractivity contribution in [2.45, 2.75) is 13.3 Å². The highest BCUT2D eigenvalue weighted by Gasteiger charge is 2.37. The summed E-state index contributed by atoms with van der Waals surface area (Å²) >= 11 is 1.34. The van der Waals surface area contributed by atoms with Crippen molar-refractivity contribution in [3.8, 4) is 17.0 Å². The van der Waals surface area contributed by atoms with Crippen LogP contribution in [-0.4, -0.2) is 42.9 Å². The second-order valence-electron chi connectivity index (χ2n) is 7.55. The third-order valence-electron chi connectivity index (χ3n) is 5.27. The van der Waals surface area contributed by atoms with Gasteiger partial charge in [0, 0.05) is 29.5 Å². The first-order valence-corrected chi connectivity index (χ1v) is 11.0. The Hall–Kier alpha value is -3.52. The molecule has 0 unspecified atom stereocenters. The van der Waals surface area contributed by atoms with Gasteiger partial charge in [0.1, 0.15) is 5.75 Å². The van der Waals surface area contributed by atoms with E-state index >= 15 is 0 Å². The molecule has 0 N–H and O–H groups in total. The predicted octanol–water partition coefficient (Wildman–Crippen LogP) is 3.91. The number of hydrogen-bond acceptors (Lipinski definition) is 7. The van der Waals surface area contributed by atoms with Crippen LogP contribution in [0.25, 0.3) is 11.3 Å². The van der Waals surface area contributed by atoms with Gasteiger partial charge in [0.05, 0.1) is 18.7 Å². The van der Waals surface area contributed by atoms with Crippen molar-refractivity contribution in [1.29, 1.82) is 0 Å². The second-order valence-corrected chi connectivity index (χ2v) is 8.39. The van der Waals surface area contributed by atoms with Crippen molar-refractivity contribution >= 4 is 34.1 Å². The number of amides is 1. The first kappa shape index (κ1) is 21.7. The first-order valence-electron chi connectivity index (χ1n) is 10.1. The number of aryl methyl sites for hydroxylation is 1. The molecule has 0 spiro atoms. The smallest absolute Gasteiger partial charge is 0.311 e. The van der Waals surface area contributed by atoms with Gasteiger partial charge in [-0.15, -0.1) is 11.3 Å². The SMILES string of the molecule is COc1cccc(-c2csc(N3C[C@@H](C(=O)OCC(=O)c4ccc(C)cc4)CC3=O)n2)c1. The van der Waals surface area contributed by atoms with Gasteiger partial charge in [0.2, 0.25) is 5.91 Å². The number of esters is 1. The van der Waals surface area contributed by atoms with Gasteiger partial charge in [0.15, 0.2) is 17.5 Å². The van der Waals surface area contributed by atoms with Crippen molar-refractivity contribution in [3.63, 3.8) is 0 Å². The molecule has 2 heterocycles. The number of ether oxygens (including phenoxy) is 2. The van der Waals surface area contributed by atoms with E-state index in [2.05, 4.69) is 4.98 Å². The van der Waals surface area contributed by atoms with Crippen molar-refractivity contribution < 1.29 is 23.9 Å². The van der Waals surface area contributed by atoms with E-state index in [1.807, 2.05) is 48.7 Å². The van der Waals surface area contributed by atoms with Crippen LogP contribution in [0.2, 0.25) is 0 Å². The molecule has 32 heavy (non-hydrogen) atoms. The summed E-state index contributed by atoms with van der Waals surface area (Å²) in [6.07, 6.45) is 0.0334. The number of methoxy groups -OCH3 is 1. The van der Waals surface area contributed by atoms with Crippen LogP contribution in [0.5, 0.6) is 5.75 Å². The monoisotopic (exact) mass is 450 g/mol. The summed E-state index contributed by atoms with van der Waals surface area (Å²) in [5.74, 6) is -0.925. The molecule has 1 fully saturated rings. The Balaban J connectivity index is 1.37. The zero-order chi connectivity index (χ0) is 22.7. The molecular weight excluding hydrogens is 428 g/mol. The molecule has 1 aromatic heterocycles. The van der Waals surface area contributed by atoms with Gasteiger partial charge in [-0.05, 0) is 19.1 Å². The van der Waals surface area contributed by atoms with E-state index in [9.17, 15) is 14.4 Å². The Morgan fingerprint density at radius 3 is 2.72 bits per heavy atom.